The van der Waals surface area contributed by atoms with Crippen molar-refractivity contribution in [1.29, 1.82) is 5.26 Å². The Labute approximate surface area is 130 Å². The summed E-state index contributed by atoms with van der Waals surface area (Å²) < 4.78 is 39.9. The lowest BCUT2D eigenvalue weighted by Crippen LogP contribution is -2.15. The number of fused-ring (bicyclic) bond motifs is 1. The van der Waals surface area contributed by atoms with Crippen molar-refractivity contribution in [3.63, 3.8) is 0 Å². The van der Waals surface area contributed by atoms with Crippen LogP contribution in [-0.2, 0) is 6.18 Å². The number of halogens is 3. The number of alkyl halides is 3. The summed E-state index contributed by atoms with van der Waals surface area (Å²) in [5, 5.41) is 18.9. The maximum absolute atomic E-state index is 13.3. The first kappa shape index (κ1) is 15.6. The van der Waals surface area contributed by atoms with Gasteiger partial charge < -0.3 is 10.1 Å². The summed E-state index contributed by atoms with van der Waals surface area (Å²) in [6, 6.07) is 3.21. The Hall–Kier alpha value is -2.33. The van der Waals surface area contributed by atoms with E-state index in [4.69, 9.17) is 0 Å². The smallest absolute Gasteiger partial charge is 0.393 e. The topological polar surface area (TPSA) is 72.7 Å². The standard InChI is InChI=1S/C16H14F3N3O/c1-8-6-12-14(21-8)13(9-2-4-10(23)5-3-9)11(7-20)15(22-12)16(17,18)19/h2,6,10,21,23H,3-5H2,1H3. The van der Waals surface area contributed by atoms with Crippen LogP contribution >= 0.6 is 0 Å². The molecule has 1 aliphatic carbocycles. The van der Waals surface area contributed by atoms with Crippen LogP contribution in [-0.4, -0.2) is 21.2 Å². The first-order valence-corrected chi connectivity index (χ1v) is 7.19. The van der Waals surface area contributed by atoms with Gasteiger partial charge in [-0.15, -0.1) is 0 Å². The van der Waals surface area contributed by atoms with Crippen molar-refractivity contribution in [1.82, 2.24) is 9.97 Å². The van der Waals surface area contributed by atoms with Crippen LogP contribution in [0.15, 0.2) is 12.1 Å². The predicted molar refractivity (Wildman–Crippen MR) is 78.4 cm³/mol. The van der Waals surface area contributed by atoms with Crippen LogP contribution in [0.25, 0.3) is 16.6 Å². The number of hydrogen-bond donors (Lipinski definition) is 2. The number of aromatic nitrogens is 2. The molecule has 7 heteroatoms. The van der Waals surface area contributed by atoms with Crippen LogP contribution in [0.4, 0.5) is 13.2 Å². The van der Waals surface area contributed by atoms with E-state index in [1.807, 2.05) is 0 Å². The van der Waals surface area contributed by atoms with Crippen LogP contribution in [0, 0.1) is 18.3 Å². The molecule has 120 valence electrons. The predicted octanol–water partition coefficient (Wildman–Crippen LogP) is 3.69. The van der Waals surface area contributed by atoms with E-state index in [0.717, 1.165) is 0 Å². The monoisotopic (exact) mass is 321 g/mol. The number of nitriles is 1. The highest BCUT2D eigenvalue weighted by atomic mass is 19.4. The van der Waals surface area contributed by atoms with Gasteiger partial charge in [-0.2, -0.15) is 18.4 Å². The molecule has 1 unspecified atom stereocenters. The van der Waals surface area contributed by atoms with Gasteiger partial charge in [0, 0.05) is 11.3 Å². The van der Waals surface area contributed by atoms with Crippen molar-refractivity contribution in [2.45, 2.75) is 38.5 Å². The second-order valence-electron chi connectivity index (χ2n) is 5.69. The number of hydrogen-bond acceptors (Lipinski definition) is 3. The van der Waals surface area contributed by atoms with Crippen molar-refractivity contribution in [2.24, 2.45) is 0 Å². The Kier molecular flexibility index (Phi) is 3.65. The number of rotatable bonds is 1. The highest BCUT2D eigenvalue weighted by molar-refractivity contribution is 5.93. The molecule has 2 N–H and O–H groups in total. The van der Waals surface area contributed by atoms with Gasteiger partial charge in [0.2, 0.25) is 0 Å². The molecule has 4 nitrogen and oxygen atoms in total. The van der Waals surface area contributed by atoms with Crippen LogP contribution in [0.3, 0.4) is 0 Å². The Morgan fingerprint density at radius 3 is 2.74 bits per heavy atom. The van der Waals surface area contributed by atoms with Crippen LogP contribution in [0.1, 0.15) is 41.8 Å². The van der Waals surface area contributed by atoms with Gasteiger partial charge in [0.15, 0.2) is 5.69 Å². The molecule has 0 radical (unpaired) electrons. The van der Waals surface area contributed by atoms with E-state index in [9.17, 15) is 23.5 Å². The third-order valence-electron chi connectivity index (χ3n) is 3.99. The summed E-state index contributed by atoms with van der Waals surface area (Å²) in [4.78, 5) is 6.66. The molecule has 3 rings (SSSR count). The van der Waals surface area contributed by atoms with Crippen molar-refractivity contribution in [3.05, 3.63) is 34.7 Å². The molecule has 0 spiro atoms. The molecule has 0 bridgehead atoms. The first-order chi connectivity index (χ1) is 10.8. The molecule has 0 amide bonds. The molecule has 1 atom stereocenters. The Bertz CT molecular complexity index is 843. The third-order valence-corrected chi connectivity index (χ3v) is 3.99. The van der Waals surface area contributed by atoms with Gasteiger partial charge in [0.25, 0.3) is 0 Å². The zero-order valence-corrected chi connectivity index (χ0v) is 12.3. The fourth-order valence-corrected chi connectivity index (χ4v) is 2.96. The molecule has 0 fully saturated rings. The van der Waals surface area contributed by atoms with Gasteiger partial charge in [0.1, 0.15) is 6.07 Å². The summed E-state index contributed by atoms with van der Waals surface area (Å²) in [6.07, 6.45) is -2.24. The quantitative estimate of drug-likeness (QED) is 0.841. The van der Waals surface area contributed by atoms with E-state index in [-0.39, 0.29) is 11.1 Å². The van der Waals surface area contributed by atoms with E-state index >= 15 is 0 Å². The fraction of sp³-hybridized carbons (Fsp3) is 0.375. The van der Waals surface area contributed by atoms with Gasteiger partial charge in [-0.25, -0.2) is 4.98 Å². The molecular formula is C16H14F3N3O. The lowest BCUT2D eigenvalue weighted by molar-refractivity contribution is -0.141. The van der Waals surface area contributed by atoms with Crippen molar-refractivity contribution >= 4 is 16.6 Å². The Morgan fingerprint density at radius 1 is 1.43 bits per heavy atom. The van der Waals surface area contributed by atoms with Gasteiger partial charge in [-0.1, -0.05) is 6.08 Å². The van der Waals surface area contributed by atoms with Crippen LogP contribution < -0.4 is 0 Å². The van der Waals surface area contributed by atoms with E-state index in [0.29, 0.717) is 36.0 Å². The number of pyridine rings is 1. The molecule has 2 aromatic heterocycles. The SMILES string of the molecule is Cc1cc2nc(C(F)(F)F)c(C#N)c(C3=CCC(O)CC3)c2[nH]1. The van der Waals surface area contributed by atoms with Gasteiger partial charge >= 0.3 is 6.18 Å². The lowest BCUT2D eigenvalue weighted by atomic mass is 9.88. The molecule has 2 aromatic rings. The number of aliphatic hydroxyl groups is 1. The van der Waals surface area contributed by atoms with Crippen LogP contribution in [0.2, 0.25) is 0 Å². The molecule has 1 aliphatic rings. The van der Waals surface area contributed by atoms with Crippen molar-refractivity contribution < 1.29 is 18.3 Å². The summed E-state index contributed by atoms with van der Waals surface area (Å²) in [5.74, 6) is 0. The van der Waals surface area contributed by atoms with Gasteiger partial charge in [-0.3, -0.25) is 0 Å². The van der Waals surface area contributed by atoms with E-state index in [1.54, 1.807) is 19.1 Å². The number of H-pyrrole nitrogens is 1. The molecule has 23 heavy (non-hydrogen) atoms. The fourth-order valence-electron chi connectivity index (χ4n) is 2.96. The molecule has 0 aromatic carbocycles. The Balaban J connectivity index is 2.35. The van der Waals surface area contributed by atoms with Crippen molar-refractivity contribution in [3.8, 4) is 6.07 Å². The third kappa shape index (κ3) is 2.70. The highest BCUT2D eigenvalue weighted by Gasteiger charge is 2.38. The summed E-state index contributed by atoms with van der Waals surface area (Å²) >= 11 is 0. The minimum absolute atomic E-state index is 0.191. The number of nitrogens with zero attached hydrogens (tertiary/aromatic N) is 2. The number of allylic oxidation sites excluding steroid dienone is 1. The van der Waals surface area contributed by atoms with Crippen molar-refractivity contribution in [2.75, 3.05) is 0 Å². The first-order valence-electron chi connectivity index (χ1n) is 7.19. The normalized spacial score (nSPS) is 18.8. The average Bonchev–Trinajstić information content (AvgIpc) is 2.85. The van der Waals surface area contributed by atoms with Gasteiger partial charge in [-0.05, 0) is 37.8 Å². The summed E-state index contributed by atoms with van der Waals surface area (Å²) in [5.41, 5.74) is 0.582. The second kappa shape index (κ2) is 5.39. The lowest BCUT2D eigenvalue weighted by Gasteiger charge is -2.20. The van der Waals surface area contributed by atoms with E-state index in [2.05, 4.69) is 9.97 Å². The molecular weight excluding hydrogens is 307 g/mol. The Morgan fingerprint density at radius 2 is 2.17 bits per heavy atom. The maximum atomic E-state index is 13.3. The number of aliphatic hydroxyl groups excluding tert-OH is 1. The zero-order chi connectivity index (χ0) is 16.8. The zero-order valence-electron chi connectivity index (χ0n) is 12.3. The average molecular weight is 321 g/mol. The largest absolute Gasteiger partial charge is 0.434 e. The summed E-state index contributed by atoms with van der Waals surface area (Å²) in [7, 11) is 0. The number of aromatic amines is 1. The minimum atomic E-state index is -4.70. The van der Waals surface area contributed by atoms with E-state index < -0.39 is 23.5 Å². The number of aryl methyl sites for hydroxylation is 1. The molecule has 2 heterocycles. The highest BCUT2D eigenvalue weighted by Crippen LogP contribution is 2.39. The maximum Gasteiger partial charge on any atom is 0.434 e. The summed E-state index contributed by atoms with van der Waals surface area (Å²) in [6.45, 7) is 1.73. The van der Waals surface area contributed by atoms with Gasteiger partial charge in [0.05, 0.1) is 22.7 Å². The number of nitrogens with one attached hydrogen (secondary N) is 1. The van der Waals surface area contributed by atoms with Crippen LogP contribution in [0.5, 0.6) is 0 Å². The van der Waals surface area contributed by atoms with E-state index in [1.165, 1.54) is 6.07 Å². The molecule has 0 saturated heterocycles. The minimum Gasteiger partial charge on any atom is -0.393 e. The molecule has 0 saturated carbocycles. The molecule has 0 aliphatic heterocycles. The second-order valence-corrected chi connectivity index (χ2v) is 5.69.